The number of rotatable bonds is 2. The van der Waals surface area contributed by atoms with Crippen LogP contribution >= 0.6 is 0 Å². The fraction of sp³-hybridized carbons (Fsp3) is 0.800. The molecular formula is C10H21NSi. The fourth-order valence-electron chi connectivity index (χ4n) is 2.17. The maximum absolute atomic E-state index is 3.92. The van der Waals surface area contributed by atoms with Crippen molar-refractivity contribution in [1.29, 1.82) is 0 Å². The highest BCUT2D eigenvalue weighted by atomic mass is 28.3. The van der Waals surface area contributed by atoms with Gasteiger partial charge in [0.15, 0.2) is 0 Å². The van der Waals surface area contributed by atoms with Gasteiger partial charge in [0.25, 0.3) is 0 Å². The third kappa shape index (κ3) is 1.99. The van der Waals surface area contributed by atoms with Gasteiger partial charge in [0.05, 0.1) is 0 Å². The average Bonchev–Trinajstić information content (AvgIpc) is 2.02. The summed E-state index contributed by atoms with van der Waals surface area (Å²) in [6.45, 7) is 12.3. The predicted molar refractivity (Wildman–Crippen MR) is 57.8 cm³/mol. The van der Waals surface area contributed by atoms with Gasteiger partial charge in [-0.3, -0.25) is 0 Å². The Morgan fingerprint density at radius 1 is 1.42 bits per heavy atom. The highest BCUT2D eigenvalue weighted by Gasteiger charge is 2.31. The van der Waals surface area contributed by atoms with E-state index >= 15 is 0 Å². The molecule has 0 aromatic carbocycles. The van der Waals surface area contributed by atoms with Crippen LogP contribution in [0.25, 0.3) is 0 Å². The molecule has 2 heteroatoms. The Morgan fingerprint density at radius 2 is 2.08 bits per heavy atom. The molecule has 0 bridgehead atoms. The van der Waals surface area contributed by atoms with Gasteiger partial charge in [0.1, 0.15) is 8.96 Å². The van der Waals surface area contributed by atoms with E-state index in [4.69, 9.17) is 0 Å². The van der Waals surface area contributed by atoms with E-state index in [0.717, 1.165) is 0 Å². The topological polar surface area (TPSA) is 3.24 Å². The van der Waals surface area contributed by atoms with Crippen molar-refractivity contribution in [2.24, 2.45) is 0 Å². The van der Waals surface area contributed by atoms with Crippen LogP contribution in [0.5, 0.6) is 0 Å². The minimum atomic E-state index is -0.790. The molecule has 0 radical (unpaired) electrons. The molecule has 1 nitrogen and oxygen atoms in total. The van der Waals surface area contributed by atoms with Crippen LogP contribution in [0, 0.1) is 0 Å². The third-order valence-electron chi connectivity index (χ3n) is 3.05. The number of piperidine rings is 1. The van der Waals surface area contributed by atoms with E-state index in [0.29, 0.717) is 5.54 Å². The van der Waals surface area contributed by atoms with Gasteiger partial charge in [-0.15, -0.1) is 6.58 Å². The molecule has 0 aliphatic carbocycles. The molecule has 0 saturated carbocycles. The molecule has 1 rings (SSSR count). The van der Waals surface area contributed by atoms with Gasteiger partial charge < -0.3 is 4.57 Å². The number of hydrogen-bond donors (Lipinski definition) is 0. The molecular weight excluding hydrogens is 162 g/mol. The lowest BCUT2D eigenvalue weighted by Gasteiger charge is -2.45. The largest absolute Gasteiger partial charge is 0.318 e. The van der Waals surface area contributed by atoms with Crippen molar-refractivity contribution in [2.75, 3.05) is 6.54 Å². The van der Waals surface area contributed by atoms with E-state index in [1.54, 1.807) is 0 Å². The summed E-state index contributed by atoms with van der Waals surface area (Å²) in [6.07, 6.45) is 4.15. The maximum Gasteiger partial charge on any atom is 0.133 e. The van der Waals surface area contributed by atoms with Gasteiger partial charge in [0, 0.05) is 5.54 Å². The summed E-state index contributed by atoms with van der Waals surface area (Å²) in [5, 5.41) is 0. The molecule has 0 N–H and O–H groups in total. The van der Waals surface area contributed by atoms with Crippen molar-refractivity contribution in [3.05, 3.63) is 12.3 Å². The molecule has 1 aliphatic rings. The highest BCUT2D eigenvalue weighted by molar-refractivity contribution is 6.60. The second kappa shape index (κ2) is 3.75. The molecule has 12 heavy (non-hydrogen) atoms. The van der Waals surface area contributed by atoms with E-state index in [9.17, 15) is 0 Å². The smallest absolute Gasteiger partial charge is 0.133 e. The Bertz CT molecular complexity index is 165. The fourth-order valence-corrected chi connectivity index (χ4v) is 4.24. The summed E-state index contributed by atoms with van der Waals surface area (Å²) < 4.78 is 2.70. The van der Waals surface area contributed by atoms with Crippen LogP contribution in [0.4, 0.5) is 0 Å². The van der Waals surface area contributed by atoms with E-state index in [1.807, 2.05) is 0 Å². The maximum atomic E-state index is 3.92. The minimum absolute atomic E-state index is 0.443. The molecule has 0 amide bonds. The monoisotopic (exact) mass is 183 g/mol. The van der Waals surface area contributed by atoms with Crippen LogP contribution < -0.4 is 0 Å². The first-order valence-corrected chi connectivity index (χ1v) is 7.31. The molecule has 70 valence electrons. The average molecular weight is 183 g/mol. The molecule has 1 atom stereocenters. The zero-order valence-electron chi connectivity index (χ0n) is 8.64. The summed E-state index contributed by atoms with van der Waals surface area (Å²) in [6, 6.07) is 0. The number of nitrogens with zero attached hydrogens (tertiary/aromatic N) is 1. The summed E-state index contributed by atoms with van der Waals surface area (Å²) in [5.41, 5.74) is 2.63. The quantitative estimate of drug-likeness (QED) is 0.594. The van der Waals surface area contributed by atoms with Gasteiger partial charge in [0.2, 0.25) is 0 Å². The Hall–Kier alpha value is -0.0831. The summed E-state index contributed by atoms with van der Waals surface area (Å²) >= 11 is 0. The summed E-state index contributed by atoms with van der Waals surface area (Å²) in [5.74, 6) is 0. The van der Waals surface area contributed by atoms with E-state index in [2.05, 4.69) is 37.2 Å². The van der Waals surface area contributed by atoms with Crippen LogP contribution in [0.1, 0.15) is 33.1 Å². The first kappa shape index (κ1) is 10.0. The Balaban J connectivity index is 2.65. The zero-order chi connectivity index (χ0) is 9.19. The van der Waals surface area contributed by atoms with Gasteiger partial charge in [-0.2, -0.15) is 0 Å². The van der Waals surface area contributed by atoms with E-state index in [1.165, 1.54) is 25.8 Å². The van der Waals surface area contributed by atoms with Gasteiger partial charge in [-0.05, 0) is 33.2 Å². The van der Waals surface area contributed by atoms with E-state index in [-0.39, 0.29) is 0 Å². The van der Waals surface area contributed by atoms with Crippen molar-refractivity contribution in [3.63, 3.8) is 0 Å². The van der Waals surface area contributed by atoms with Crippen molar-refractivity contribution >= 4 is 8.96 Å². The minimum Gasteiger partial charge on any atom is -0.318 e. The molecule has 1 unspecified atom stereocenters. The molecule has 0 spiro atoms. The number of hydrogen-bond acceptors (Lipinski definition) is 1. The lowest BCUT2D eigenvalue weighted by molar-refractivity contribution is 0.167. The zero-order valence-corrected chi connectivity index (χ0v) is 9.79. The molecule has 1 aliphatic heterocycles. The lowest BCUT2D eigenvalue weighted by Crippen LogP contribution is -2.53. The van der Waals surface area contributed by atoms with Gasteiger partial charge >= 0.3 is 0 Å². The SMILES string of the molecule is C=C[SiH](C)N1CCCCC1(C)C. The summed E-state index contributed by atoms with van der Waals surface area (Å²) in [7, 11) is -0.790. The van der Waals surface area contributed by atoms with Crippen LogP contribution in [0.15, 0.2) is 12.3 Å². The van der Waals surface area contributed by atoms with Gasteiger partial charge in [-0.1, -0.05) is 18.7 Å². The molecule has 1 heterocycles. The first-order valence-electron chi connectivity index (χ1n) is 4.97. The van der Waals surface area contributed by atoms with Crippen molar-refractivity contribution in [2.45, 2.75) is 45.2 Å². The van der Waals surface area contributed by atoms with Crippen molar-refractivity contribution in [1.82, 2.24) is 4.57 Å². The summed E-state index contributed by atoms with van der Waals surface area (Å²) in [4.78, 5) is 0. The Kier molecular flexibility index (Phi) is 3.13. The van der Waals surface area contributed by atoms with Crippen LogP contribution in [-0.4, -0.2) is 25.6 Å². The second-order valence-corrected chi connectivity index (χ2v) is 7.02. The predicted octanol–water partition coefficient (Wildman–Crippen LogP) is 2.33. The van der Waals surface area contributed by atoms with Crippen molar-refractivity contribution in [3.8, 4) is 0 Å². The molecule has 1 fully saturated rings. The lowest BCUT2D eigenvalue weighted by atomic mass is 9.93. The van der Waals surface area contributed by atoms with Crippen molar-refractivity contribution < 1.29 is 0 Å². The van der Waals surface area contributed by atoms with Crippen LogP contribution in [-0.2, 0) is 0 Å². The first-order chi connectivity index (χ1) is 5.58. The van der Waals surface area contributed by atoms with Crippen LogP contribution in [0.3, 0.4) is 0 Å². The normalized spacial score (nSPS) is 26.6. The molecule has 0 aromatic heterocycles. The second-order valence-electron chi connectivity index (χ2n) is 4.44. The van der Waals surface area contributed by atoms with Gasteiger partial charge in [-0.25, -0.2) is 0 Å². The highest BCUT2D eigenvalue weighted by Crippen LogP contribution is 2.28. The molecule has 0 aromatic rings. The van der Waals surface area contributed by atoms with E-state index < -0.39 is 8.96 Å². The Morgan fingerprint density at radius 3 is 2.58 bits per heavy atom. The Labute approximate surface area is 78.1 Å². The third-order valence-corrected chi connectivity index (χ3v) is 5.67. The molecule has 1 saturated heterocycles. The van der Waals surface area contributed by atoms with Crippen LogP contribution in [0.2, 0.25) is 6.55 Å². The standard InChI is InChI=1S/C10H21NSi/c1-5-12(4)11-9-7-6-8-10(11,2)3/h5,12H,1,6-9H2,2-4H3.